The molecule has 3 rings (SSSR count). The highest BCUT2D eigenvalue weighted by Gasteiger charge is 2.33. The molecule has 1 aliphatic heterocycles. The van der Waals surface area contributed by atoms with Crippen LogP contribution in [0.25, 0.3) is 0 Å². The average Bonchev–Trinajstić information content (AvgIpc) is 2.70. The van der Waals surface area contributed by atoms with Crippen molar-refractivity contribution < 1.29 is 23.0 Å². The molecule has 164 valence electrons. The van der Waals surface area contributed by atoms with Crippen LogP contribution in [-0.4, -0.2) is 58.4 Å². The van der Waals surface area contributed by atoms with E-state index in [9.17, 15) is 18.3 Å². The summed E-state index contributed by atoms with van der Waals surface area (Å²) >= 11 is 11.8. The molecule has 0 spiro atoms. The number of anilines is 1. The number of nitrogens with one attached hydrogen (secondary N) is 1. The first-order valence-corrected chi connectivity index (χ1v) is 10.1. The third-order valence-corrected chi connectivity index (χ3v) is 5.41. The van der Waals surface area contributed by atoms with Crippen LogP contribution in [0, 0.1) is 0 Å². The van der Waals surface area contributed by atoms with E-state index < -0.39 is 18.0 Å². The van der Waals surface area contributed by atoms with Gasteiger partial charge in [-0.05, 0) is 31.0 Å². The predicted molar refractivity (Wildman–Crippen MR) is 108 cm³/mol. The Morgan fingerprint density at radius 2 is 1.93 bits per heavy atom. The highest BCUT2D eigenvalue weighted by atomic mass is 35.5. The van der Waals surface area contributed by atoms with Crippen molar-refractivity contribution in [2.45, 2.75) is 31.2 Å². The largest absolute Gasteiger partial charge is 0.491 e. The number of hydrogen-bond donors (Lipinski definition) is 2. The topological polar surface area (TPSA) is 70.5 Å². The second-order valence-corrected chi connectivity index (χ2v) is 7.84. The first-order valence-electron chi connectivity index (χ1n) is 9.36. The minimum Gasteiger partial charge on any atom is -0.491 e. The van der Waals surface area contributed by atoms with Crippen molar-refractivity contribution in [1.29, 1.82) is 0 Å². The maximum absolute atomic E-state index is 12.8. The number of β-amino-alcohol motifs (C(OH)–C–C–N with tert-alkyl or cyclic N) is 1. The van der Waals surface area contributed by atoms with Crippen molar-refractivity contribution in [3.8, 4) is 5.75 Å². The Morgan fingerprint density at radius 1 is 1.20 bits per heavy atom. The van der Waals surface area contributed by atoms with Gasteiger partial charge in [0.1, 0.15) is 24.2 Å². The monoisotopic (exact) mass is 464 g/mol. The van der Waals surface area contributed by atoms with Crippen molar-refractivity contribution in [2.24, 2.45) is 0 Å². The summed E-state index contributed by atoms with van der Waals surface area (Å²) in [6.45, 7) is 1.89. The van der Waals surface area contributed by atoms with Gasteiger partial charge in [-0.25, -0.2) is 9.97 Å². The van der Waals surface area contributed by atoms with Gasteiger partial charge in [0.25, 0.3) is 0 Å². The maximum atomic E-state index is 12.8. The van der Waals surface area contributed by atoms with Crippen LogP contribution in [0.15, 0.2) is 30.5 Å². The average molecular weight is 465 g/mol. The molecule has 2 aromatic rings. The summed E-state index contributed by atoms with van der Waals surface area (Å²) in [6.07, 6.45) is -2.72. The lowest BCUT2D eigenvalue weighted by Gasteiger charge is -2.33. The van der Waals surface area contributed by atoms with E-state index in [2.05, 4.69) is 20.2 Å². The smallest absolute Gasteiger partial charge is 0.433 e. The number of alkyl halides is 3. The number of nitrogens with zero attached hydrogens (tertiary/aromatic N) is 3. The van der Waals surface area contributed by atoms with Gasteiger partial charge in [0.2, 0.25) is 5.95 Å². The molecule has 11 heteroatoms. The summed E-state index contributed by atoms with van der Waals surface area (Å²) in [5, 5.41) is 14.0. The molecule has 1 atom stereocenters. The Labute approximate surface area is 182 Å². The lowest BCUT2D eigenvalue weighted by molar-refractivity contribution is -0.141. The van der Waals surface area contributed by atoms with Gasteiger partial charge in [-0.2, -0.15) is 13.2 Å². The molecule has 0 bridgehead atoms. The van der Waals surface area contributed by atoms with Crippen molar-refractivity contribution in [2.75, 3.05) is 31.6 Å². The van der Waals surface area contributed by atoms with Crippen molar-refractivity contribution in [1.82, 2.24) is 14.9 Å². The predicted octanol–water partition coefficient (Wildman–Crippen LogP) is 4.12. The Morgan fingerprint density at radius 3 is 2.60 bits per heavy atom. The highest BCUT2D eigenvalue weighted by Crippen LogP contribution is 2.28. The minimum atomic E-state index is -4.50. The molecular weight excluding hydrogens is 444 g/mol. The number of rotatable bonds is 7. The number of halogens is 5. The summed E-state index contributed by atoms with van der Waals surface area (Å²) in [7, 11) is 0. The van der Waals surface area contributed by atoms with E-state index in [0.717, 1.165) is 12.3 Å². The van der Waals surface area contributed by atoms with Gasteiger partial charge in [-0.15, -0.1) is 0 Å². The number of ether oxygens (including phenoxy) is 1. The summed E-state index contributed by atoms with van der Waals surface area (Å²) in [4.78, 5) is 9.48. The lowest BCUT2D eigenvalue weighted by atomic mass is 10.0. The molecule has 2 N–H and O–H groups in total. The molecule has 0 unspecified atom stereocenters. The standard InChI is InChI=1S/C19H21Cl2F3N4O2/c20-15-2-1-14(9-16(15)21)30-11-13(29)10-28-7-4-12(5-8-28)26-18-25-6-3-17(27-18)19(22,23)24/h1-3,6,9,12-13,29H,4-5,7-8,10-11H2,(H,25,26,27)/t13-/m1/s1. The van der Waals surface area contributed by atoms with Crippen LogP contribution in [0.5, 0.6) is 5.75 Å². The van der Waals surface area contributed by atoms with Crippen molar-refractivity contribution in [3.63, 3.8) is 0 Å². The number of aliphatic hydroxyl groups excluding tert-OH is 1. The van der Waals surface area contributed by atoms with Gasteiger partial charge >= 0.3 is 6.18 Å². The third kappa shape index (κ3) is 6.60. The van der Waals surface area contributed by atoms with Gasteiger partial charge in [0, 0.05) is 37.9 Å². The van der Waals surface area contributed by atoms with E-state index in [1.54, 1.807) is 18.2 Å². The van der Waals surface area contributed by atoms with E-state index in [4.69, 9.17) is 27.9 Å². The molecule has 1 saturated heterocycles. The number of aliphatic hydroxyl groups is 1. The molecule has 1 aromatic carbocycles. The molecule has 0 aliphatic carbocycles. The molecule has 0 amide bonds. The fourth-order valence-corrected chi connectivity index (χ4v) is 3.43. The summed E-state index contributed by atoms with van der Waals surface area (Å²) in [5.74, 6) is 0.491. The zero-order chi connectivity index (χ0) is 21.7. The van der Waals surface area contributed by atoms with E-state index in [0.29, 0.717) is 48.3 Å². The second-order valence-electron chi connectivity index (χ2n) is 7.02. The SMILES string of the molecule is O[C@@H](COc1ccc(Cl)c(Cl)c1)CN1CCC(Nc2nccc(C(F)(F)F)n2)CC1. The van der Waals surface area contributed by atoms with Crippen LogP contribution in [0.3, 0.4) is 0 Å². The van der Waals surface area contributed by atoms with Crippen LogP contribution in [-0.2, 0) is 6.18 Å². The molecule has 0 radical (unpaired) electrons. The van der Waals surface area contributed by atoms with Gasteiger partial charge in [0.15, 0.2) is 0 Å². The van der Waals surface area contributed by atoms with Crippen LogP contribution >= 0.6 is 23.2 Å². The van der Waals surface area contributed by atoms with Crippen LogP contribution in [0.4, 0.5) is 19.1 Å². The van der Waals surface area contributed by atoms with Gasteiger partial charge in [0.05, 0.1) is 10.0 Å². The molecule has 1 aliphatic rings. The normalized spacial score (nSPS) is 17.0. The fourth-order valence-electron chi connectivity index (χ4n) is 3.14. The molecule has 6 nitrogen and oxygen atoms in total. The second kappa shape index (κ2) is 10.00. The van der Waals surface area contributed by atoms with Crippen LogP contribution < -0.4 is 10.1 Å². The maximum Gasteiger partial charge on any atom is 0.433 e. The van der Waals surface area contributed by atoms with Crippen molar-refractivity contribution >= 4 is 29.2 Å². The summed E-state index contributed by atoms with van der Waals surface area (Å²) in [6, 6.07) is 5.69. The zero-order valence-corrected chi connectivity index (χ0v) is 17.4. The van der Waals surface area contributed by atoms with E-state index >= 15 is 0 Å². The van der Waals surface area contributed by atoms with Gasteiger partial charge < -0.3 is 20.1 Å². The lowest BCUT2D eigenvalue weighted by Crippen LogP contribution is -2.43. The number of benzene rings is 1. The Hall–Kier alpha value is -1.81. The van der Waals surface area contributed by atoms with E-state index in [1.165, 1.54) is 0 Å². The quantitative estimate of drug-likeness (QED) is 0.642. The Balaban J connectivity index is 1.41. The minimum absolute atomic E-state index is 0.0293. The zero-order valence-electron chi connectivity index (χ0n) is 15.9. The molecule has 2 heterocycles. The molecule has 30 heavy (non-hydrogen) atoms. The van der Waals surface area contributed by atoms with Gasteiger partial charge in [-0.1, -0.05) is 23.2 Å². The molecule has 0 saturated carbocycles. The van der Waals surface area contributed by atoms with E-state index in [1.807, 2.05) is 0 Å². The number of aromatic nitrogens is 2. The van der Waals surface area contributed by atoms with E-state index in [-0.39, 0.29) is 18.6 Å². The molecular formula is C19H21Cl2F3N4O2. The first kappa shape index (κ1) is 22.9. The molecule has 1 aromatic heterocycles. The van der Waals surface area contributed by atoms with Crippen LogP contribution in [0.1, 0.15) is 18.5 Å². The first-order chi connectivity index (χ1) is 14.2. The fraction of sp³-hybridized carbons (Fsp3) is 0.474. The Kier molecular flexibility index (Phi) is 7.62. The van der Waals surface area contributed by atoms with Crippen LogP contribution in [0.2, 0.25) is 10.0 Å². The van der Waals surface area contributed by atoms with Crippen molar-refractivity contribution in [3.05, 3.63) is 46.2 Å². The Bertz CT molecular complexity index is 849. The number of likely N-dealkylation sites (tertiary alicyclic amines) is 1. The third-order valence-electron chi connectivity index (χ3n) is 4.67. The summed E-state index contributed by atoms with van der Waals surface area (Å²) in [5.41, 5.74) is -0.970. The highest BCUT2D eigenvalue weighted by molar-refractivity contribution is 6.42. The molecule has 1 fully saturated rings. The summed E-state index contributed by atoms with van der Waals surface area (Å²) < 4.78 is 43.8. The number of piperidine rings is 1. The number of hydrogen-bond acceptors (Lipinski definition) is 6. The van der Waals surface area contributed by atoms with Gasteiger partial charge in [-0.3, -0.25) is 0 Å².